The zero-order valence-corrected chi connectivity index (χ0v) is 16.7. The normalized spacial score (nSPS) is 11.0. The van der Waals surface area contributed by atoms with Gasteiger partial charge in [-0.25, -0.2) is 9.37 Å². The third-order valence-electron chi connectivity index (χ3n) is 3.58. The van der Waals surface area contributed by atoms with Crippen molar-refractivity contribution in [2.75, 3.05) is 18.6 Å². The lowest BCUT2D eigenvalue weighted by Gasteiger charge is -2.08. The summed E-state index contributed by atoms with van der Waals surface area (Å²) in [5.74, 6) is -2.50. The van der Waals surface area contributed by atoms with Gasteiger partial charge in [0.15, 0.2) is 11.6 Å². The highest BCUT2D eigenvalue weighted by atomic mass is 32.1. The van der Waals surface area contributed by atoms with Crippen LogP contribution in [0.2, 0.25) is 0 Å². The number of unbranched alkanes of at least 4 members (excludes halogenated alkanes) is 2. The van der Waals surface area contributed by atoms with Gasteiger partial charge in [0.2, 0.25) is 10.9 Å². The summed E-state index contributed by atoms with van der Waals surface area (Å²) >= 11 is 1.27. The molecule has 1 N–H and O–H groups in total. The minimum absolute atomic E-state index is 0.0810. The van der Waals surface area contributed by atoms with Gasteiger partial charge in [-0.05, 0) is 25.5 Å². The van der Waals surface area contributed by atoms with Crippen LogP contribution in [0.3, 0.4) is 0 Å². The van der Waals surface area contributed by atoms with Gasteiger partial charge in [0.05, 0.1) is 31.5 Å². The van der Waals surface area contributed by atoms with E-state index in [0.717, 1.165) is 25.3 Å². The summed E-state index contributed by atoms with van der Waals surface area (Å²) in [6.07, 6.45) is 4.17. The molecule has 6 nitrogen and oxygen atoms in total. The summed E-state index contributed by atoms with van der Waals surface area (Å²) < 4.78 is 37.8. The van der Waals surface area contributed by atoms with Crippen LogP contribution in [0.15, 0.2) is 22.6 Å². The van der Waals surface area contributed by atoms with Crippen LogP contribution < -0.4 is 10.2 Å². The Hall–Kier alpha value is -2.55. The van der Waals surface area contributed by atoms with Gasteiger partial charge in [0.1, 0.15) is 0 Å². The highest BCUT2D eigenvalue weighted by molar-refractivity contribution is 7.13. The summed E-state index contributed by atoms with van der Waals surface area (Å²) in [5.41, 5.74) is 3.61. The van der Waals surface area contributed by atoms with Crippen molar-refractivity contribution < 1.29 is 23.0 Å². The molecule has 28 heavy (non-hydrogen) atoms. The maximum Gasteiger partial charge on any atom is 0.311 e. The van der Waals surface area contributed by atoms with Gasteiger partial charge in [0, 0.05) is 10.9 Å². The molecule has 0 aliphatic heterocycles. The van der Waals surface area contributed by atoms with Crippen LogP contribution in [0, 0.1) is 11.6 Å². The largest absolute Gasteiger partial charge is 0.490 e. The molecule has 2 aromatic rings. The SMILES string of the molecule is CCCCCOc1cc(C=NNc2nc(CC(=O)OCC)cs2)cc(F)c1F. The fourth-order valence-corrected chi connectivity index (χ4v) is 2.92. The molecular weight excluding hydrogens is 388 g/mol. The number of benzene rings is 1. The number of hydrogen-bond acceptors (Lipinski definition) is 7. The van der Waals surface area contributed by atoms with Crippen LogP contribution in [-0.2, 0) is 16.0 Å². The Morgan fingerprint density at radius 2 is 2.14 bits per heavy atom. The van der Waals surface area contributed by atoms with E-state index in [4.69, 9.17) is 9.47 Å². The van der Waals surface area contributed by atoms with Crippen molar-refractivity contribution in [2.45, 2.75) is 39.5 Å². The number of hydrazone groups is 1. The zero-order chi connectivity index (χ0) is 20.4. The Balaban J connectivity index is 1.95. The number of thiazole rings is 1. The lowest BCUT2D eigenvalue weighted by atomic mass is 10.2. The third-order valence-corrected chi connectivity index (χ3v) is 4.37. The van der Waals surface area contributed by atoms with Crippen LogP contribution in [0.25, 0.3) is 0 Å². The highest BCUT2D eigenvalue weighted by Crippen LogP contribution is 2.22. The smallest absolute Gasteiger partial charge is 0.311 e. The van der Waals surface area contributed by atoms with E-state index in [9.17, 15) is 13.6 Å². The topological polar surface area (TPSA) is 72.8 Å². The minimum Gasteiger partial charge on any atom is -0.490 e. The van der Waals surface area contributed by atoms with Crippen LogP contribution in [0.4, 0.5) is 13.9 Å². The van der Waals surface area contributed by atoms with E-state index < -0.39 is 11.6 Å². The van der Waals surface area contributed by atoms with Crippen LogP contribution in [-0.4, -0.2) is 30.4 Å². The second-order valence-corrected chi connectivity index (χ2v) is 6.72. The first-order valence-electron chi connectivity index (χ1n) is 9.04. The van der Waals surface area contributed by atoms with E-state index in [-0.39, 0.29) is 18.1 Å². The Kier molecular flexibility index (Phi) is 8.80. The average molecular weight is 411 g/mol. The number of hydrogen-bond donors (Lipinski definition) is 1. The van der Waals surface area contributed by atoms with Crippen molar-refractivity contribution in [2.24, 2.45) is 5.10 Å². The summed E-state index contributed by atoms with van der Waals surface area (Å²) in [7, 11) is 0. The molecule has 1 heterocycles. The fraction of sp³-hybridized carbons (Fsp3) is 0.421. The first-order chi connectivity index (χ1) is 13.5. The van der Waals surface area contributed by atoms with Gasteiger partial charge in [-0.15, -0.1) is 11.3 Å². The molecule has 152 valence electrons. The second kappa shape index (κ2) is 11.3. The number of nitrogens with zero attached hydrogens (tertiary/aromatic N) is 2. The molecule has 0 amide bonds. The van der Waals surface area contributed by atoms with Crippen LogP contribution in [0.1, 0.15) is 44.4 Å². The van der Waals surface area contributed by atoms with E-state index in [1.54, 1.807) is 12.3 Å². The summed E-state index contributed by atoms with van der Waals surface area (Å²) in [6.45, 7) is 4.43. The number of esters is 1. The molecule has 0 fully saturated rings. The van der Waals surface area contributed by atoms with Gasteiger partial charge >= 0.3 is 5.97 Å². The van der Waals surface area contributed by atoms with Crippen molar-refractivity contribution in [1.82, 2.24) is 4.98 Å². The molecule has 0 aliphatic carbocycles. The number of rotatable bonds is 11. The van der Waals surface area contributed by atoms with Gasteiger partial charge in [-0.1, -0.05) is 19.8 Å². The number of carbonyl (C=O) groups is 1. The molecule has 0 bridgehead atoms. The molecule has 1 aromatic carbocycles. The molecule has 0 spiro atoms. The molecule has 0 atom stereocenters. The number of nitrogens with one attached hydrogen (secondary N) is 1. The Morgan fingerprint density at radius 3 is 2.89 bits per heavy atom. The molecule has 1 aromatic heterocycles. The molecule has 0 aliphatic rings. The lowest BCUT2D eigenvalue weighted by Crippen LogP contribution is -2.07. The maximum absolute atomic E-state index is 13.8. The Labute approximate surface area is 166 Å². The number of carbonyl (C=O) groups excluding carboxylic acids is 1. The summed E-state index contributed by atoms with van der Waals surface area (Å²) in [6, 6.07) is 2.43. The van der Waals surface area contributed by atoms with Crippen LogP contribution in [0.5, 0.6) is 5.75 Å². The van der Waals surface area contributed by atoms with E-state index >= 15 is 0 Å². The molecule has 0 saturated heterocycles. The highest BCUT2D eigenvalue weighted by Gasteiger charge is 2.12. The van der Waals surface area contributed by atoms with E-state index in [2.05, 4.69) is 15.5 Å². The van der Waals surface area contributed by atoms with Gasteiger partial charge < -0.3 is 9.47 Å². The predicted molar refractivity (Wildman–Crippen MR) is 105 cm³/mol. The monoisotopic (exact) mass is 411 g/mol. The number of ether oxygens (including phenoxy) is 2. The molecule has 0 unspecified atom stereocenters. The standard InChI is InChI=1S/C19H23F2N3O3S/c1-3-5-6-7-27-16-9-13(8-15(20)18(16)21)11-22-24-19-23-14(12-28-19)10-17(25)26-4-2/h8-9,11-12H,3-7,10H2,1-2H3,(H,23,24). The minimum atomic E-state index is -1.01. The maximum atomic E-state index is 13.8. The Bertz CT molecular complexity index is 812. The van der Waals surface area contributed by atoms with Gasteiger partial charge in [-0.2, -0.15) is 9.49 Å². The number of anilines is 1. The predicted octanol–water partition coefficient (Wildman–Crippen LogP) is 4.54. The zero-order valence-electron chi connectivity index (χ0n) is 15.8. The molecular formula is C19H23F2N3O3S. The quantitative estimate of drug-likeness (QED) is 0.254. The summed E-state index contributed by atoms with van der Waals surface area (Å²) in [5, 5.41) is 6.16. The first kappa shape index (κ1) is 21.7. The molecule has 9 heteroatoms. The van der Waals surface area contributed by atoms with Crippen molar-refractivity contribution in [3.8, 4) is 5.75 Å². The van der Waals surface area contributed by atoms with Gasteiger partial charge in [0.25, 0.3) is 0 Å². The summed E-state index contributed by atoms with van der Waals surface area (Å²) in [4.78, 5) is 15.6. The van der Waals surface area contributed by atoms with E-state index in [1.807, 2.05) is 6.92 Å². The number of halogens is 2. The fourth-order valence-electron chi connectivity index (χ4n) is 2.26. The van der Waals surface area contributed by atoms with Crippen molar-refractivity contribution in [1.29, 1.82) is 0 Å². The first-order valence-corrected chi connectivity index (χ1v) is 9.92. The lowest BCUT2D eigenvalue weighted by molar-refractivity contribution is -0.142. The van der Waals surface area contributed by atoms with Crippen molar-refractivity contribution in [3.63, 3.8) is 0 Å². The Morgan fingerprint density at radius 1 is 1.32 bits per heavy atom. The third kappa shape index (κ3) is 6.88. The van der Waals surface area contributed by atoms with E-state index in [1.165, 1.54) is 23.6 Å². The van der Waals surface area contributed by atoms with Gasteiger partial charge in [-0.3, -0.25) is 10.2 Å². The second-order valence-electron chi connectivity index (χ2n) is 5.87. The number of aromatic nitrogens is 1. The molecule has 2 rings (SSSR count). The van der Waals surface area contributed by atoms with Crippen LogP contribution >= 0.6 is 11.3 Å². The average Bonchev–Trinajstić information content (AvgIpc) is 3.09. The van der Waals surface area contributed by atoms with Crippen molar-refractivity contribution >= 4 is 28.7 Å². The molecule has 0 saturated carbocycles. The van der Waals surface area contributed by atoms with Crippen molar-refractivity contribution in [3.05, 3.63) is 40.4 Å². The molecule has 0 radical (unpaired) electrons. The van der Waals surface area contributed by atoms with E-state index in [0.29, 0.717) is 29.6 Å².